The molecule has 1 N–H and O–H groups in total. The third kappa shape index (κ3) is 4.54. The van der Waals surface area contributed by atoms with Gasteiger partial charge >= 0.3 is 6.03 Å². The predicted octanol–water partition coefficient (Wildman–Crippen LogP) is 4.61. The number of nitrogens with one attached hydrogen (secondary N) is 1. The first-order valence-corrected chi connectivity index (χ1v) is 9.73. The van der Waals surface area contributed by atoms with E-state index in [1.54, 1.807) is 30.9 Å². The lowest BCUT2D eigenvalue weighted by Crippen LogP contribution is -2.33. The minimum atomic E-state index is -0.223. The van der Waals surface area contributed by atoms with Gasteiger partial charge < -0.3 is 19.7 Å². The first-order chi connectivity index (χ1) is 13.8. The molecule has 0 spiro atoms. The molecule has 0 aliphatic carbocycles. The van der Waals surface area contributed by atoms with Crippen LogP contribution in [0.4, 0.5) is 10.5 Å². The Hall–Kier alpha value is -2.99. The molecule has 1 heterocycles. The van der Waals surface area contributed by atoms with E-state index >= 15 is 0 Å². The summed E-state index contributed by atoms with van der Waals surface area (Å²) >= 11 is 6.26. The Labute approximate surface area is 175 Å². The van der Waals surface area contributed by atoms with Crippen molar-refractivity contribution in [2.24, 2.45) is 0 Å². The summed E-state index contributed by atoms with van der Waals surface area (Å²) < 4.78 is 1.90. The second kappa shape index (κ2) is 8.57. The van der Waals surface area contributed by atoms with Gasteiger partial charge in [0.2, 0.25) is 5.91 Å². The number of fused-ring (bicyclic) bond motifs is 1. The van der Waals surface area contributed by atoms with Crippen molar-refractivity contribution in [2.45, 2.75) is 19.5 Å². The van der Waals surface area contributed by atoms with Crippen LogP contribution < -0.4 is 5.32 Å². The lowest BCUT2D eigenvalue weighted by molar-refractivity contribution is -0.129. The van der Waals surface area contributed by atoms with Crippen molar-refractivity contribution in [1.29, 1.82) is 0 Å². The minimum Gasteiger partial charge on any atom is -0.347 e. The number of hydrogen-bond acceptors (Lipinski definition) is 2. The monoisotopic (exact) mass is 412 g/mol. The van der Waals surface area contributed by atoms with Crippen LogP contribution >= 0.6 is 11.6 Å². The van der Waals surface area contributed by atoms with Crippen LogP contribution in [0.25, 0.3) is 10.9 Å². The molecule has 3 aromatic rings. The van der Waals surface area contributed by atoms with Crippen LogP contribution in [0.2, 0.25) is 5.02 Å². The Morgan fingerprint density at radius 2 is 1.83 bits per heavy atom. The highest BCUT2D eigenvalue weighted by atomic mass is 35.5. The van der Waals surface area contributed by atoms with Crippen LogP contribution in [0.1, 0.15) is 18.5 Å². The van der Waals surface area contributed by atoms with E-state index in [1.807, 2.05) is 66.2 Å². The Kier molecular flexibility index (Phi) is 6.13. The maximum atomic E-state index is 12.7. The number of nitrogens with zero attached hydrogens (tertiary/aromatic N) is 3. The summed E-state index contributed by atoms with van der Waals surface area (Å²) in [5, 5.41) is 4.52. The molecular weight excluding hydrogens is 388 g/mol. The molecule has 0 aliphatic heterocycles. The molecule has 7 heteroatoms. The smallest absolute Gasteiger partial charge is 0.322 e. The number of likely N-dealkylation sites (N-methyl/N-ethyl adjacent to an activating group) is 1. The molecule has 1 atom stereocenters. The van der Waals surface area contributed by atoms with Crippen LogP contribution in [0.5, 0.6) is 0 Å². The largest absolute Gasteiger partial charge is 0.347 e. The van der Waals surface area contributed by atoms with Crippen molar-refractivity contribution in [3.63, 3.8) is 0 Å². The van der Waals surface area contributed by atoms with Crippen LogP contribution in [-0.4, -0.2) is 47.4 Å². The molecule has 0 aliphatic rings. The SMILES string of the molecule is CC(c1ccccc1Cl)N(C)C(=O)Nc1ccc2c(ccn2CC(=O)N(C)C)c1. The molecule has 2 aromatic carbocycles. The van der Waals surface area contributed by atoms with Gasteiger partial charge in [0.15, 0.2) is 0 Å². The van der Waals surface area contributed by atoms with Crippen molar-refractivity contribution in [1.82, 2.24) is 14.4 Å². The van der Waals surface area contributed by atoms with Crippen molar-refractivity contribution in [3.05, 3.63) is 65.3 Å². The van der Waals surface area contributed by atoms with Gasteiger partial charge in [0, 0.05) is 49.0 Å². The van der Waals surface area contributed by atoms with Gasteiger partial charge in [-0.05, 0) is 42.8 Å². The average Bonchev–Trinajstić information content (AvgIpc) is 3.09. The van der Waals surface area contributed by atoms with E-state index in [0.29, 0.717) is 10.7 Å². The summed E-state index contributed by atoms with van der Waals surface area (Å²) in [5.41, 5.74) is 2.53. The highest BCUT2D eigenvalue weighted by molar-refractivity contribution is 6.31. The number of rotatable bonds is 5. The van der Waals surface area contributed by atoms with Gasteiger partial charge in [-0.2, -0.15) is 0 Å². The molecule has 6 nitrogen and oxygen atoms in total. The number of amides is 3. The Morgan fingerprint density at radius 1 is 1.10 bits per heavy atom. The zero-order chi connectivity index (χ0) is 21.1. The number of urea groups is 1. The van der Waals surface area contributed by atoms with E-state index in [2.05, 4.69) is 5.32 Å². The molecule has 0 saturated carbocycles. The first-order valence-electron chi connectivity index (χ1n) is 9.35. The standard InChI is InChI=1S/C22H25ClN4O2/c1-15(18-7-5-6-8-19(18)23)26(4)22(29)24-17-9-10-20-16(13-17)11-12-27(20)14-21(28)25(2)3/h5-13,15H,14H2,1-4H3,(H,24,29). The average molecular weight is 413 g/mol. The third-order valence-electron chi connectivity index (χ3n) is 5.08. The van der Waals surface area contributed by atoms with E-state index in [1.165, 1.54) is 0 Å². The van der Waals surface area contributed by atoms with E-state index in [4.69, 9.17) is 11.6 Å². The summed E-state index contributed by atoms with van der Waals surface area (Å²) in [7, 11) is 5.22. The van der Waals surface area contributed by atoms with Gasteiger partial charge in [0.1, 0.15) is 6.54 Å². The van der Waals surface area contributed by atoms with E-state index in [-0.39, 0.29) is 24.5 Å². The molecule has 0 bridgehead atoms. The maximum Gasteiger partial charge on any atom is 0.322 e. The number of carbonyl (C=O) groups excluding carboxylic acids is 2. The summed E-state index contributed by atoms with van der Waals surface area (Å²) in [5.74, 6) is 0.0232. The fourth-order valence-electron chi connectivity index (χ4n) is 3.11. The number of hydrogen-bond donors (Lipinski definition) is 1. The fraction of sp³-hybridized carbons (Fsp3) is 0.273. The summed E-state index contributed by atoms with van der Waals surface area (Å²) in [6.45, 7) is 2.21. The molecule has 0 fully saturated rings. The Balaban J connectivity index is 1.73. The number of halogens is 1. The summed E-state index contributed by atoms with van der Waals surface area (Å²) in [6.07, 6.45) is 1.88. The quantitative estimate of drug-likeness (QED) is 0.665. The molecular formula is C22H25ClN4O2. The van der Waals surface area contributed by atoms with Gasteiger partial charge in [-0.3, -0.25) is 4.79 Å². The van der Waals surface area contributed by atoms with E-state index < -0.39 is 0 Å². The van der Waals surface area contributed by atoms with Crippen LogP contribution in [-0.2, 0) is 11.3 Å². The molecule has 1 unspecified atom stereocenters. The van der Waals surface area contributed by atoms with Crippen LogP contribution in [0.15, 0.2) is 54.7 Å². The van der Waals surface area contributed by atoms with Crippen molar-refractivity contribution >= 4 is 40.1 Å². The van der Waals surface area contributed by atoms with Gasteiger partial charge in [0.05, 0.1) is 6.04 Å². The fourth-order valence-corrected chi connectivity index (χ4v) is 3.41. The lowest BCUT2D eigenvalue weighted by Gasteiger charge is -2.26. The highest BCUT2D eigenvalue weighted by Gasteiger charge is 2.19. The van der Waals surface area contributed by atoms with Gasteiger partial charge in [0.25, 0.3) is 0 Å². The Bertz CT molecular complexity index is 1040. The molecule has 0 saturated heterocycles. The molecule has 29 heavy (non-hydrogen) atoms. The van der Waals surface area contributed by atoms with Crippen LogP contribution in [0, 0.1) is 0 Å². The molecule has 1 aromatic heterocycles. The molecule has 0 radical (unpaired) electrons. The third-order valence-corrected chi connectivity index (χ3v) is 5.43. The zero-order valence-electron chi connectivity index (χ0n) is 17.0. The second-order valence-corrected chi connectivity index (χ2v) is 7.65. The number of carbonyl (C=O) groups is 2. The van der Waals surface area contributed by atoms with E-state index in [0.717, 1.165) is 16.5 Å². The Morgan fingerprint density at radius 3 is 2.52 bits per heavy atom. The number of benzene rings is 2. The zero-order valence-corrected chi connectivity index (χ0v) is 17.8. The lowest BCUT2D eigenvalue weighted by atomic mass is 10.1. The molecule has 3 rings (SSSR count). The van der Waals surface area contributed by atoms with Gasteiger partial charge in [-0.25, -0.2) is 4.79 Å². The van der Waals surface area contributed by atoms with Crippen molar-refractivity contribution in [2.75, 3.05) is 26.5 Å². The first kappa shape index (κ1) is 20.7. The topological polar surface area (TPSA) is 57.6 Å². The predicted molar refractivity (Wildman–Crippen MR) is 117 cm³/mol. The normalized spacial score (nSPS) is 11.9. The molecule has 3 amide bonds. The van der Waals surface area contributed by atoms with Gasteiger partial charge in [-0.1, -0.05) is 29.8 Å². The van der Waals surface area contributed by atoms with Crippen molar-refractivity contribution in [3.8, 4) is 0 Å². The number of anilines is 1. The summed E-state index contributed by atoms with van der Waals surface area (Å²) in [4.78, 5) is 27.9. The van der Waals surface area contributed by atoms with Crippen LogP contribution in [0.3, 0.4) is 0 Å². The maximum absolute atomic E-state index is 12.7. The van der Waals surface area contributed by atoms with Gasteiger partial charge in [-0.15, -0.1) is 0 Å². The molecule has 152 valence electrons. The van der Waals surface area contributed by atoms with E-state index in [9.17, 15) is 9.59 Å². The van der Waals surface area contributed by atoms with Crippen molar-refractivity contribution < 1.29 is 9.59 Å². The number of aromatic nitrogens is 1. The second-order valence-electron chi connectivity index (χ2n) is 7.24. The summed E-state index contributed by atoms with van der Waals surface area (Å²) in [6, 6.07) is 14.7. The highest BCUT2D eigenvalue weighted by Crippen LogP contribution is 2.27. The minimum absolute atomic E-state index is 0.0232.